The topological polar surface area (TPSA) is 75.3 Å². The molecule has 0 spiro atoms. The summed E-state index contributed by atoms with van der Waals surface area (Å²) < 4.78 is 5.86. The number of nitrogens with one attached hydrogen (secondary N) is 1. The molecular formula is C20H19N3O3. The number of amides is 1. The molecule has 132 valence electrons. The van der Waals surface area contributed by atoms with Crippen LogP contribution in [0.25, 0.3) is 10.9 Å². The van der Waals surface area contributed by atoms with Crippen LogP contribution >= 0.6 is 0 Å². The average molecular weight is 349 g/mol. The van der Waals surface area contributed by atoms with Crippen molar-refractivity contribution < 1.29 is 9.53 Å². The van der Waals surface area contributed by atoms with Crippen molar-refractivity contribution in [3.8, 4) is 5.75 Å². The van der Waals surface area contributed by atoms with Gasteiger partial charge in [-0.25, -0.2) is 4.98 Å². The molecule has 2 aromatic carbocycles. The average Bonchev–Trinajstić information content (AvgIpc) is 2.67. The normalized spacial score (nSPS) is 16.0. The minimum atomic E-state index is -0.512. The molecule has 2 heterocycles. The van der Waals surface area contributed by atoms with E-state index in [-0.39, 0.29) is 18.0 Å². The first-order valence-electron chi connectivity index (χ1n) is 8.59. The summed E-state index contributed by atoms with van der Waals surface area (Å²) in [5, 5.41) is 0.539. The van der Waals surface area contributed by atoms with Gasteiger partial charge in [0.25, 0.3) is 11.5 Å². The lowest BCUT2D eigenvalue weighted by molar-refractivity contribution is -0.138. The molecule has 0 radical (unpaired) electrons. The molecule has 4 rings (SSSR count). The summed E-state index contributed by atoms with van der Waals surface area (Å²) in [7, 11) is 1.70. The molecule has 1 atom stereocenters. The molecule has 1 amide bonds. The van der Waals surface area contributed by atoms with Crippen molar-refractivity contribution in [2.24, 2.45) is 0 Å². The Morgan fingerprint density at radius 1 is 1.23 bits per heavy atom. The Kier molecular flexibility index (Phi) is 4.16. The fraction of sp³-hybridized carbons (Fsp3) is 0.250. The Hall–Kier alpha value is -3.15. The number of carbonyl (C=O) groups is 1. The number of para-hydroxylation sites is 2. The summed E-state index contributed by atoms with van der Waals surface area (Å²) in [6, 6.07) is 14.9. The number of rotatable bonds is 3. The predicted octanol–water partition coefficient (Wildman–Crippen LogP) is 2.28. The van der Waals surface area contributed by atoms with Gasteiger partial charge in [-0.1, -0.05) is 30.3 Å². The number of H-pyrrole nitrogens is 1. The number of likely N-dealkylation sites (N-methyl/N-ethyl adjacent to an activating group) is 1. The Labute approximate surface area is 150 Å². The van der Waals surface area contributed by atoms with E-state index in [9.17, 15) is 9.59 Å². The van der Waals surface area contributed by atoms with Crippen molar-refractivity contribution in [2.45, 2.75) is 25.5 Å². The summed E-state index contributed by atoms with van der Waals surface area (Å²) in [4.78, 5) is 33.7. The summed E-state index contributed by atoms with van der Waals surface area (Å²) in [6.45, 7) is 0.223. The maximum atomic E-state index is 12.7. The zero-order valence-electron chi connectivity index (χ0n) is 14.4. The van der Waals surface area contributed by atoms with E-state index in [0.717, 1.165) is 17.7 Å². The van der Waals surface area contributed by atoms with Gasteiger partial charge in [-0.3, -0.25) is 9.59 Å². The zero-order valence-corrected chi connectivity index (χ0v) is 14.4. The summed E-state index contributed by atoms with van der Waals surface area (Å²) in [5.74, 6) is 1.11. The molecular weight excluding hydrogens is 330 g/mol. The molecule has 1 aromatic heterocycles. The molecule has 3 aromatic rings. The van der Waals surface area contributed by atoms with Crippen molar-refractivity contribution in [2.75, 3.05) is 7.05 Å². The smallest absolute Gasteiger partial charge is 0.263 e. The van der Waals surface area contributed by atoms with E-state index in [0.29, 0.717) is 23.1 Å². The molecule has 6 nitrogen and oxygen atoms in total. The van der Waals surface area contributed by atoms with E-state index in [1.54, 1.807) is 30.1 Å². The highest BCUT2D eigenvalue weighted by Crippen LogP contribution is 2.27. The fourth-order valence-corrected chi connectivity index (χ4v) is 3.26. The van der Waals surface area contributed by atoms with Crippen LogP contribution in [-0.4, -0.2) is 33.9 Å². The van der Waals surface area contributed by atoms with Crippen LogP contribution in [0.2, 0.25) is 0 Å². The Balaban J connectivity index is 1.51. The lowest BCUT2D eigenvalue weighted by Gasteiger charge is -2.28. The first-order valence-corrected chi connectivity index (χ1v) is 8.59. The number of aryl methyl sites for hydroxylation is 1. The largest absolute Gasteiger partial charge is 0.480 e. The molecule has 0 saturated heterocycles. The van der Waals surface area contributed by atoms with Crippen LogP contribution in [0, 0.1) is 0 Å². The van der Waals surface area contributed by atoms with Crippen LogP contribution in [0.1, 0.15) is 17.8 Å². The van der Waals surface area contributed by atoms with Crippen LogP contribution in [0.5, 0.6) is 5.75 Å². The standard InChI is InChI=1S/C20H19N3O3/c1-23(12-18-21-15-8-4-3-7-14(15)19(24)22-18)20(25)17-11-10-13-6-2-5-9-16(13)26-17/h2-9,17H,10-12H2,1H3,(H,21,22,24). The summed E-state index contributed by atoms with van der Waals surface area (Å²) >= 11 is 0. The van der Waals surface area contributed by atoms with E-state index in [1.807, 2.05) is 30.3 Å². The number of aromatic amines is 1. The molecule has 0 aliphatic carbocycles. The van der Waals surface area contributed by atoms with Gasteiger partial charge in [-0.2, -0.15) is 0 Å². The second kappa shape index (κ2) is 6.63. The third kappa shape index (κ3) is 3.06. The van der Waals surface area contributed by atoms with E-state index in [4.69, 9.17) is 4.74 Å². The summed E-state index contributed by atoms with van der Waals surface area (Å²) in [6.07, 6.45) is 0.940. The van der Waals surface area contributed by atoms with Gasteiger partial charge in [0.15, 0.2) is 6.10 Å². The first kappa shape index (κ1) is 16.3. The van der Waals surface area contributed by atoms with E-state index >= 15 is 0 Å². The first-order chi connectivity index (χ1) is 12.6. The van der Waals surface area contributed by atoms with Crippen molar-refractivity contribution >= 4 is 16.8 Å². The molecule has 0 fully saturated rings. The van der Waals surface area contributed by atoms with E-state index in [1.165, 1.54) is 0 Å². The number of fused-ring (bicyclic) bond motifs is 2. The third-order valence-electron chi connectivity index (χ3n) is 4.62. The molecule has 1 aliphatic heterocycles. The van der Waals surface area contributed by atoms with Crippen LogP contribution in [0.3, 0.4) is 0 Å². The maximum Gasteiger partial charge on any atom is 0.263 e. The highest BCUT2D eigenvalue weighted by atomic mass is 16.5. The predicted molar refractivity (Wildman–Crippen MR) is 98.0 cm³/mol. The van der Waals surface area contributed by atoms with Crippen LogP contribution in [0.4, 0.5) is 0 Å². The maximum absolute atomic E-state index is 12.7. The van der Waals surface area contributed by atoms with Gasteiger partial charge in [0.05, 0.1) is 17.4 Å². The Morgan fingerprint density at radius 3 is 2.88 bits per heavy atom. The van der Waals surface area contributed by atoms with Gasteiger partial charge in [-0.15, -0.1) is 0 Å². The van der Waals surface area contributed by atoms with Gasteiger partial charge < -0.3 is 14.6 Å². The van der Waals surface area contributed by atoms with Crippen molar-refractivity contribution in [3.05, 3.63) is 70.3 Å². The lowest BCUT2D eigenvalue weighted by atomic mass is 10.0. The third-order valence-corrected chi connectivity index (χ3v) is 4.62. The SMILES string of the molecule is CN(Cc1nc2ccccc2c(=O)[nH]1)C(=O)C1CCc2ccccc2O1. The van der Waals surface area contributed by atoms with Gasteiger partial charge in [0, 0.05) is 7.05 Å². The molecule has 0 saturated carbocycles. The number of hydrogen-bond acceptors (Lipinski definition) is 4. The van der Waals surface area contributed by atoms with Crippen molar-refractivity contribution in [3.63, 3.8) is 0 Å². The van der Waals surface area contributed by atoms with Crippen LogP contribution in [0.15, 0.2) is 53.3 Å². The van der Waals surface area contributed by atoms with Gasteiger partial charge in [0.1, 0.15) is 11.6 Å². The lowest BCUT2D eigenvalue weighted by Crippen LogP contribution is -2.41. The Morgan fingerprint density at radius 2 is 2.00 bits per heavy atom. The summed E-state index contributed by atoms with van der Waals surface area (Å²) in [5.41, 5.74) is 1.55. The van der Waals surface area contributed by atoms with Crippen LogP contribution in [-0.2, 0) is 17.8 Å². The quantitative estimate of drug-likeness (QED) is 0.787. The number of aromatic nitrogens is 2. The molecule has 1 unspecified atom stereocenters. The molecule has 1 N–H and O–H groups in total. The number of benzene rings is 2. The fourth-order valence-electron chi connectivity index (χ4n) is 3.26. The van der Waals surface area contributed by atoms with Crippen LogP contribution < -0.4 is 10.3 Å². The monoisotopic (exact) mass is 349 g/mol. The second-order valence-corrected chi connectivity index (χ2v) is 6.48. The highest BCUT2D eigenvalue weighted by Gasteiger charge is 2.28. The zero-order chi connectivity index (χ0) is 18.1. The highest BCUT2D eigenvalue weighted by molar-refractivity contribution is 5.81. The number of nitrogens with zero attached hydrogens (tertiary/aromatic N) is 2. The van der Waals surface area contributed by atoms with Gasteiger partial charge in [0.2, 0.25) is 0 Å². The van der Waals surface area contributed by atoms with E-state index in [2.05, 4.69) is 9.97 Å². The minimum Gasteiger partial charge on any atom is -0.480 e. The molecule has 26 heavy (non-hydrogen) atoms. The van der Waals surface area contributed by atoms with E-state index < -0.39 is 6.10 Å². The number of ether oxygens (including phenoxy) is 1. The molecule has 6 heteroatoms. The van der Waals surface area contributed by atoms with Gasteiger partial charge >= 0.3 is 0 Å². The Bertz CT molecular complexity index is 1030. The minimum absolute atomic E-state index is 0.115. The second-order valence-electron chi connectivity index (χ2n) is 6.48. The number of carbonyl (C=O) groups excluding carboxylic acids is 1. The van der Waals surface area contributed by atoms with Crippen molar-refractivity contribution in [1.29, 1.82) is 0 Å². The van der Waals surface area contributed by atoms with Gasteiger partial charge in [-0.05, 0) is 36.6 Å². The van der Waals surface area contributed by atoms with Crippen molar-refractivity contribution in [1.82, 2.24) is 14.9 Å². The molecule has 0 bridgehead atoms. The number of hydrogen-bond donors (Lipinski definition) is 1. The molecule has 1 aliphatic rings.